The lowest BCUT2D eigenvalue weighted by Gasteiger charge is -2.16. The number of halogens is 5. The fourth-order valence-electron chi connectivity index (χ4n) is 2.09. The fraction of sp³-hybridized carbons (Fsp3) is 0.235. The molecule has 28 heavy (non-hydrogen) atoms. The molecule has 2 aromatic rings. The van der Waals surface area contributed by atoms with E-state index in [4.69, 9.17) is 21.5 Å². The van der Waals surface area contributed by atoms with Crippen LogP contribution in [0, 0.1) is 21.0 Å². The number of aliphatic hydroxyl groups is 2. The van der Waals surface area contributed by atoms with Gasteiger partial charge in [0.25, 0.3) is 5.91 Å². The van der Waals surface area contributed by atoms with Gasteiger partial charge in [0.15, 0.2) is 17.5 Å². The first-order valence-electron chi connectivity index (χ1n) is 7.85. The lowest BCUT2D eigenvalue weighted by molar-refractivity contribution is 0.00702. The number of amides is 1. The van der Waals surface area contributed by atoms with Crippen LogP contribution in [0.15, 0.2) is 24.3 Å². The number of carbonyl (C=O) groups is 1. The van der Waals surface area contributed by atoms with Crippen molar-refractivity contribution in [1.29, 1.82) is 0 Å². The molecular formula is C17H15ClF3IN2O4. The second-order valence-electron chi connectivity index (χ2n) is 5.54. The molecule has 2 rings (SSSR count). The van der Waals surface area contributed by atoms with Gasteiger partial charge in [-0.15, -0.1) is 0 Å². The predicted octanol–water partition coefficient (Wildman–Crippen LogP) is 3.51. The average Bonchev–Trinajstić information content (AvgIpc) is 2.68. The van der Waals surface area contributed by atoms with Crippen molar-refractivity contribution in [1.82, 2.24) is 5.48 Å². The smallest absolute Gasteiger partial charge is 0.277 e. The van der Waals surface area contributed by atoms with Gasteiger partial charge >= 0.3 is 0 Å². The van der Waals surface area contributed by atoms with Crippen molar-refractivity contribution >= 4 is 51.5 Å². The molecule has 1 unspecified atom stereocenters. The van der Waals surface area contributed by atoms with Gasteiger partial charge in [0, 0.05) is 9.99 Å². The van der Waals surface area contributed by atoms with Crippen molar-refractivity contribution < 1.29 is 33.0 Å². The number of aliphatic hydroxyl groups excluding tert-OH is 2. The molecule has 0 bridgehead atoms. The number of hydrogen-bond acceptors (Lipinski definition) is 5. The third-order valence-electron chi connectivity index (χ3n) is 3.55. The largest absolute Gasteiger partial charge is 0.394 e. The maximum absolute atomic E-state index is 14.3. The van der Waals surface area contributed by atoms with Gasteiger partial charge in [-0.05, 0) is 40.8 Å². The van der Waals surface area contributed by atoms with E-state index in [2.05, 4.69) is 5.32 Å². The fourth-order valence-corrected chi connectivity index (χ4v) is 2.76. The monoisotopic (exact) mass is 530 g/mol. The molecule has 1 amide bonds. The molecule has 0 spiro atoms. The Morgan fingerprint density at radius 1 is 1.29 bits per heavy atom. The summed E-state index contributed by atoms with van der Waals surface area (Å²) in [5.41, 5.74) is 0.936. The summed E-state index contributed by atoms with van der Waals surface area (Å²) in [6.45, 7) is -0.665. The lowest BCUT2D eigenvalue weighted by Crippen LogP contribution is -2.27. The van der Waals surface area contributed by atoms with Crippen LogP contribution in [-0.4, -0.2) is 35.4 Å². The molecule has 0 fully saturated rings. The van der Waals surface area contributed by atoms with E-state index in [0.29, 0.717) is 9.64 Å². The molecule has 11 heteroatoms. The van der Waals surface area contributed by atoms with Crippen molar-refractivity contribution in [2.45, 2.75) is 12.5 Å². The normalized spacial score (nSPS) is 12.0. The summed E-state index contributed by atoms with van der Waals surface area (Å²) in [5, 5.41) is 20.6. The molecule has 2 aromatic carbocycles. The summed E-state index contributed by atoms with van der Waals surface area (Å²) in [7, 11) is 0. The molecule has 1 atom stereocenters. The molecule has 0 radical (unpaired) electrons. The van der Waals surface area contributed by atoms with Crippen molar-refractivity contribution in [3.8, 4) is 0 Å². The average molecular weight is 531 g/mol. The number of rotatable bonds is 8. The van der Waals surface area contributed by atoms with Gasteiger partial charge in [0.2, 0.25) is 0 Å². The first-order valence-corrected chi connectivity index (χ1v) is 9.31. The van der Waals surface area contributed by atoms with Crippen LogP contribution in [0.1, 0.15) is 16.8 Å². The Hall–Kier alpha value is -1.60. The Balaban J connectivity index is 2.28. The number of hydrogen-bond donors (Lipinski definition) is 4. The van der Waals surface area contributed by atoms with Crippen LogP contribution in [0.2, 0.25) is 5.02 Å². The van der Waals surface area contributed by atoms with Gasteiger partial charge < -0.3 is 15.5 Å². The SMILES string of the molecule is O=C(NOCCC(O)CO)c1cc(F)c(F)c(F)c1Nc1cccc(I)c1Cl. The Morgan fingerprint density at radius 2 is 2.00 bits per heavy atom. The van der Waals surface area contributed by atoms with Crippen molar-refractivity contribution in [3.63, 3.8) is 0 Å². The van der Waals surface area contributed by atoms with Crippen LogP contribution in [0.5, 0.6) is 0 Å². The molecular weight excluding hydrogens is 516 g/mol. The van der Waals surface area contributed by atoms with Crippen LogP contribution in [0.3, 0.4) is 0 Å². The molecule has 0 aromatic heterocycles. The van der Waals surface area contributed by atoms with E-state index in [1.165, 1.54) is 6.07 Å². The van der Waals surface area contributed by atoms with E-state index in [-0.39, 0.29) is 23.7 Å². The van der Waals surface area contributed by atoms with Crippen LogP contribution in [0.4, 0.5) is 24.5 Å². The Kier molecular flexibility index (Phi) is 8.31. The highest BCUT2D eigenvalue weighted by Gasteiger charge is 2.24. The summed E-state index contributed by atoms with van der Waals surface area (Å²) in [5.74, 6) is -5.97. The number of nitrogens with one attached hydrogen (secondary N) is 2. The molecule has 0 saturated carbocycles. The van der Waals surface area contributed by atoms with Crippen LogP contribution in [0.25, 0.3) is 0 Å². The minimum Gasteiger partial charge on any atom is -0.394 e. The van der Waals surface area contributed by atoms with Crippen molar-refractivity contribution in [3.05, 3.63) is 55.9 Å². The van der Waals surface area contributed by atoms with Gasteiger partial charge in [-0.2, -0.15) is 0 Å². The predicted molar refractivity (Wildman–Crippen MR) is 105 cm³/mol. The highest BCUT2D eigenvalue weighted by Crippen LogP contribution is 2.33. The highest BCUT2D eigenvalue weighted by atomic mass is 127. The first kappa shape index (κ1) is 22.7. The zero-order valence-corrected chi connectivity index (χ0v) is 17.0. The summed E-state index contributed by atoms with van der Waals surface area (Å²) in [4.78, 5) is 17.1. The molecule has 0 aliphatic rings. The number of benzene rings is 2. The van der Waals surface area contributed by atoms with E-state index in [0.717, 1.165) is 0 Å². The zero-order valence-electron chi connectivity index (χ0n) is 14.1. The Bertz CT molecular complexity index is 873. The summed E-state index contributed by atoms with van der Waals surface area (Å²) in [6.07, 6.45) is -1.04. The minimum atomic E-state index is -1.76. The zero-order chi connectivity index (χ0) is 20.8. The third kappa shape index (κ3) is 5.47. The van der Waals surface area contributed by atoms with E-state index >= 15 is 0 Å². The van der Waals surface area contributed by atoms with E-state index in [1.54, 1.807) is 12.1 Å². The number of carbonyl (C=O) groups excluding carboxylic acids is 1. The second kappa shape index (κ2) is 10.3. The third-order valence-corrected chi connectivity index (χ3v) is 5.17. The first-order chi connectivity index (χ1) is 13.3. The molecule has 0 saturated heterocycles. The van der Waals surface area contributed by atoms with Crippen molar-refractivity contribution in [2.75, 3.05) is 18.5 Å². The number of anilines is 2. The maximum Gasteiger partial charge on any atom is 0.277 e. The molecule has 0 aliphatic heterocycles. The van der Waals surface area contributed by atoms with Gasteiger partial charge in [-0.3, -0.25) is 9.63 Å². The number of hydroxylamine groups is 1. The van der Waals surface area contributed by atoms with Gasteiger partial charge in [-0.25, -0.2) is 18.7 Å². The van der Waals surface area contributed by atoms with Gasteiger partial charge in [0.05, 0.1) is 41.3 Å². The molecule has 152 valence electrons. The topological polar surface area (TPSA) is 90.8 Å². The van der Waals surface area contributed by atoms with Crippen LogP contribution < -0.4 is 10.8 Å². The summed E-state index contributed by atoms with van der Waals surface area (Å²) >= 11 is 8.04. The van der Waals surface area contributed by atoms with Crippen molar-refractivity contribution in [2.24, 2.45) is 0 Å². The summed E-state index contributed by atoms with van der Waals surface area (Å²) < 4.78 is 42.3. The van der Waals surface area contributed by atoms with E-state index < -0.39 is 47.3 Å². The molecule has 4 N–H and O–H groups in total. The van der Waals surface area contributed by atoms with Crippen LogP contribution >= 0.6 is 34.2 Å². The maximum atomic E-state index is 14.3. The van der Waals surface area contributed by atoms with Gasteiger partial charge in [0.1, 0.15) is 0 Å². The van der Waals surface area contributed by atoms with E-state index in [9.17, 15) is 23.1 Å². The minimum absolute atomic E-state index is 0.00604. The molecule has 0 heterocycles. The quantitative estimate of drug-likeness (QED) is 0.182. The molecule has 6 nitrogen and oxygen atoms in total. The highest BCUT2D eigenvalue weighted by molar-refractivity contribution is 14.1. The standard InChI is InChI=1S/C17H15ClF3IN2O4/c18-13-11(22)2-1-3-12(13)23-16-9(6-10(19)14(20)15(16)21)17(27)24-28-5-4-8(26)7-25/h1-3,6,8,23,25-26H,4-5,7H2,(H,24,27). The van der Waals surface area contributed by atoms with Gasteiger partial charge in [-0.1, -0.05) is 17.7 Å². The molecule has 0 aliphatic carbocycles. The second-order valence-corrected chi connectivity index (χ2v) is 7.08. The Labute approximate surface area is 176 Å². The Morgan fingerprint density at radius 3 is 2.68 bits per heavy atom. The lowest BCUT2D eigenvalue weighted by atomic mass is 10.1. The summed E-state index contributed by atoms with van der Waals surface area (Å²) in [6, 6.07) is 5.27. The van der Waals surface area contributed by atoms with E-state index in [1.807, 2.05) is 28.1 Å². The van der Waals surface area contributed by atoms with Crippen LogP contribution in [-0.2, 0) is 4.84 Å².